The Morgan fingerprint density at radius 1 is 0.720 bits per heavy atom. The van der Waals surface area contributed by atoms with Crippen molar-refractivity contribution in [1.29, 1.82) is 0 Å². The Morgan fingerprint density at radius 3 is 1.52 bits per heavy atom. The molecule has 0 saturated carbocycles. The number of benzene rings is 3. The highest BCUT2D eigenvalue weighted by molar-refractivity contribution is 14.1. The van der Waals surface area contributed by atoms with E-state index in [9.17, 15) is 28.5 Å². The summed E-state index contributed by atoms with van der Waals surface area (Å²) in [6.45, 7) is 0.214. The molecule has 0 aliphatic carbocycles. The number of hydrogen-bond acceptors (Lipinski definition) is 11. The van der Waals surface area contributed by atoms with Crippen LogP contribution in [0.2, 0.25) is 0 Å². The Balaban J connectivity index is 1.81. The molecule has 3 aromatic rings. The maximum atomic E-state index is 13.2. The van der Waals surface area contributed by atoms with Crippen LogP contribution in [-0.4, -0.2) is 63.4 Å². The summed E-state index contributed by atoms with van der Waals surface area (Å²) in [4.78, 5) is 62.6. The predicted octanol–water partition coefficient (Wildman–Crippen LogP) is 5.72. The van der Waals surface area contributed by atoms with Crippen molar-refractivity contribution in [1.82, 2.24) is 10.6 Å². The molecule has 0 aliphatic rings. The van der Waals surface area contributed by atoms with E-state index < -0.39 is 62.9 Å². The van der Waals surface area contributed by atoms with Crippen LogP contribution < -0.4 is 21.3 Å². The number of anilines is 2. The molecule has 0 radical (unpaired) electrons. The van der Waals surface area contributed by atoms with Gasteiger partial charge in [-0.1, -0.05) is 60.7 Å². The number of nitrogens with one attached hydrogen (secondary N) is 4. The maximum Gasteiger partial charge on any atom is 0.407 e. The number of carbonyl (C=O) groups excluding carboxylic acids is 5. The standard InChI is InChI=1S/C32H35I2N4O11P/c1-20(39)49-25(19-50(44,45-2)46-3)28-29(33)23(37-26(40)15-35-31(42)47-17-21-10-6-4-7-11-21)14-24(30(28)34)38-27(41)16-36-32(43)48-18-22-12-8-5-9-13-22/h4-14,25H,15-19H2,1-3H3,(H,35,42)(H,36,43)(H,37,40)(H,38,41). The fourth-order valence-electron chi connectivity index (χ4n) is 4.18. The van der Waals surface area contributed by atoms with Gasteiger partial charge in [-0.05, 0) is 62.4 Å². The number of ether oxygens (including phenoxy) is 3. The van der Waals surface area contributed by atoms with Gasteiger partial charge in [-0.3, -0.25) is 18.9 Å². The fraction of sp³-hybridized carbons (Fsp3) is 0.281. The van der Waals surface area contributed by atoms with Crippen LogP contribution in [0.25, 0.3) is 0 Å². The van der Waals surface area contributed by atoms with Crippen LogP contribution in [0.3, 0.4) is 0 Å². The van der Waals surface area contributed by atoms with Gasteiger partial charge in [0.25, 0.3) is 0 Å². The smallest absolute Gasteiger partial charge is 0.407 e. The van der Waals surface area contributed by atoms with Crippen molar-refractivity contribution >= 4 is 94.1 Å². The monoisotopic (exact) mass is 936 g/mol. The molecule has 3 rings (SSSR count). The van der Waals surface area contributed by atoms with Crippen LogP contribution in [0.5, 0.6) is 0 Å². The Morgan fingerprint density at radius 2 is 1.14 bits per heavy atom. The molecule has 18 heteroatoms. The highest BCUT2D eigenvalue weighted by Gasteiger charge is 2.34. The lowest BCUT2D eigenvalue weighted by atomic mass is 10.1. The van der Waals surface area contributed by atoms with Gasteiger partial charge in [0, 0.05) is 33.8 Å². The second-order valence-corrected chi connectivity index (χ2v) is 14.7. The van der Waals surface area contributed by atoms with E-state index in [1.807, 2.05) is 57.3 Å². The third kappa shape index (κ3) is 13.2. The topological polar surface area (TPSA) is 197 Å². The average molecular weight is 936 g/mol. The van der Waals surface area contributed by atoms with Crippen molar-refractivity contribution in [3.63, 3.8) is 0 Å². The van der Waals surface area contributed by atoms with E-state index in [2.05, 4.69) is 21.3 Å². The van der Waals surface area contributed by atoms with Crippen LogP contribution in [0.15, 0.2) is 66.7 Å². The molecule has 0 heterocycles. The van der Waals surface area contributed by atoms with Gasteiger partial charge in [0.2, 0.25) is 11.8 Å². The molecule has 0 fully saturated rings. The van der Waals surface area contributed by atoms with Crippen molar-refractivity contribution < 1.29 is 51.8 Å². The minimum Gasteiger partial charge on any atom is -0.457 e. The van der Waals surface area contributed by atoms with E-state index in [0.717, 1.165) is 18.1 Å². The van der Waals surface area contributed by atoms with Crippen molar-refractivity contribution in [3.05, 3.63) is 90.6 Å². The molecule has 1 unspecified atom stereocenters. The lowest BCUT2D eigenvalue weighted by Crippen LogP contribution is -2.34. The summed E-state index contributed by atoms with van der Waals surface area (Å²) in [6.07, 6.45) is -3.27. The van der Waals surface area contributed by atoms with Gasteiger partial charge in [-0.25, -0.2) is 9.59 Å². The number of halogens is 2. The SMILES string of the molecule is COP(=O)(CC(OC(C)=O)c1c(I)c(NC(=O)CNC(=O)OCc2ccccc2)cc(NC(=O)CNC(=O)OCc2ccccc2)c1I)OC. The number of hydrogen-bond donors (Lipinski definition) is 4. The van der Waals surface area contributed by atoms with E-state index >= 15 is 0 Å². The first kappa shape index (κ1) is 40.6. The van der Waals surface area contributed by atoms with Gasteiger partial charge >= 0.3 is 25.8 Å². The number of carbonyl (C=O) groups is 5. The largest absolute Gasteiger partial charge is 0.457 e. The quantitative estimate of drug-likeness (QED) is 0.0594. The summed E-state index contributed by atoms with van der Waals surface area (Å²) in [6, 6.07) is 19.4. The third-order valence-corrected chi connectivity index (χ3v) is 10.8. The lowest BCUT2D eigenvalue weighted by molar-refractivity contribution is -0.145. The van der Waals surface area contributed by atoms with E-state index in [1.54, 1.807) is 48.5 Å². The summed E-state index contributed by atoms with van der Waals surface area (Å²) in [7, 11) is -1.40. The first-order valence-electron chi connectivity index (χ1n) is 14.7. The second kappa shape index (κ2) is 20.2. The molecule has 0 spiro atoms. The molecule has 4 N–H and O–H groups in total. The first-order chi connectivity index (χ1) is 23.8. The maximum absolute atomic E-state index is 13.2. The molecule has 4 amide bonds. The van der Waals surface area contributed by atoms with Gasteiger partial charge in [-0.15, -0.1) is 0 Å². The summed E-state index contributed by atoms with van der Waals surface area (Å²) in [5, 5.41) is 10.1. The zero-order chi connectivity index (χ0) is 36.7. The predicted molar refractivity (Wildman–Crippen MR) is 199 cm³/mol. The molecular formula is C32H35I2N4O11P. The number of rotatable bonds is 16. The van der Waals surface area contributed by atoms with Gasteiger partial charge < -0.3 is 44.5 Å². The zero-order valence-electron chi connectivity index (χ0n) is 27.2. The van der Waals surface area contributed by atoms with Crippen LogP contribution in [-0.2, 0) is 55.4 Å². The molecule has 1 atom stereocenters. The average Bonchev–Trinajstić information content (AvgIpc) is 3.10. The first-order valence-corrected chi connectivity index (χ1v) is 18.6. The molecule has 0 saturated heterocycles. The van der Waals surface area contributed by atoms with Gasteiger partial charge in [-0.2, -0.15) is 0 Å². The third-order valence-electron chi connectivity index (χ3n) is 6.57. The zero-order valence-corrected chi connectivity index (χ0v) is 32.4. The lowest BCUT2D eigenvalue weighted by Gasteiger charge is -2.26. The summed E-state index contributed by atoms with van der Waals surface area (Å²) in [5.41, 5.74) is 2.09. The molecule has 0 aliphatic heterocycles. The number of amides is 4. The Labute approximate surface area is 315 Å². The van der Waals surface area contributed by atoms with Crippen molar-refractivity contribution in [3.8, 4) is 0 Å². The van der Waals surface area contributed by atoms with E-state index in [0.29, 0.717) is 7.14 Å². The minimum atomic E-state index is -3.77. The van der Waals surface area contributed by atoms with Crippen LogP contribution in [0.4, 0.5) is 21.0 Å². The van der Waals surface area contributed by atoms with E-state index in [4.69, 9.17) is 23.3 Å². The molecular weight excluding hydrogens is 901 g/mol. The van der Waals surface area contributed by atoms with E-state index in [1.165, 1.54) is 20.3 Å². The molecule has 15 nitrogen and oxygen atoms in total. The fourth-order valence-corrected chi connectivity index (χ4v) is 7.62. The number of alkyl carbamates (subject to hydrolysis) is 2. The second-order valence-electron chi connectivity index (χ2n) is 10.2. The summed E-state index contributed by atoms with van der Waals surface area (Å²) >= 11 is 3.82. The molecule has 268 valence electrons. The van der Waals surface area contributed by atoms with Crippen LogP contribution in [0, 0.1) is 7.14 Å². The van der Waals surface area contributed by atoms with Gasteiger partial charge in [0.15, 0.2) is 0 Å². The molecule has 0 aromatic heterocycles. The Kier molecular flexibility index (Phi) is 16.4. The Bertz CT molecular complexity index is 1610. The Hall–Kier alpha value is -3.78. The molecule has 0 bridgehead atoms. The highest BCUT2D eigenvalue weighted by Crippen LogP contribution is 2.51. The highest BCUT2D eigenvalue weighted by atomic mass is 127. The van der Waals surface area contributed by atoms with Crippen molar-refractivity contribution in [2.45, 2.75) is 26.2 Å². The normalized spacial score (nSPS) is 11.5. The van der Waals surface area contributed by atoms with Gasteiger partial charge in [0.1, 0.15) is 32.4 Å². The van der Waals surface area contributed by atoms with Crippen LogP contribution >= 0.6 is 52.8 Å². The molecule has 50 heavy (non-hydrogen) atoms. The minimum absolute atomic E-state index is 0.000319. The summed E-state index contributed by atoms with van der Waals surface area (Å²) < 4.78 is 39.9. The van der Waals surface area contributed by atoms with Crippen LogP contribution in [0.1, 0.15) is 29.7 Å². The van der Waals surface area contributed by atoms with Gasteiger partial charge in [0.05, 0.1) is 17.5 Å². The van der Waals surface area contributed by atoms with Crippen molar-refractivity contribution in [2.24, 2.45) is 0 Å². The summed E-state index contributed by atoms with van der Waals surface area (Å²) in [5.74, 6) is -2.03. The molecule has 3 aromatic carbocycles. The van der Waals surface area contributed by atoms with E-state index in [-0.39, 0.29) is 30.2 Å². The number of esters is 1. The van der Waals surface area contributed by atoms with Crippen molar-refractivity contribution in [2.75, 3.05) is 44.1 Å².